The van der Waals surface area contributed by atoms with Gasteiger partial charge in [0.15, 0.2) is 5.82 Å². The molecule has 9 rings (SSSR count). The van der Waals surface area contributed by atoms with Gasteiger partial charge in [0, 0.05) is 30.7 Å². The number of anilines is 1. The van der Waals surface area contributed by atoms with E-state index in [-0.39, 0.29) is 10.8 Å². The van der Waals surface area contributed by atoms with E-state index in [1.165, 1.54) is 12.8 Å². The highest BCUT2D eigenvalue weighted by Gasteiger charge is 3.12. The average molecular weight is 389 g/mol. The number of rotatable bonds is 5. The first-order valence-corrected chi connectivity index (χ1v) is 10.9. The summed E-state index contributed by atoms with van der Waals surface area (Å²) in [6, 6.07) is 4.26. The highest BCUT2D eigenvalue weighted by atomic mass is 16.2. The lowest BCUT2D eigenvalue weighted by Gasteiger charge is -3.09. The molecule has 0 unspecified atom stereocenters. The Hall–Kier alpha value is -2.51. The van der Waals surface area contributed by atoms with Crippen molar-refractivity contribution in [3.05, 3.63) is 29.2 Å². The van der Waals surface area contributed by atoms with Gasteiger partial charge < -0.3 is 10.2 Å². The zero-order valence-electron chi connectivity index (χ0n) is 16.3. The molecular weight excluding hydrogens is 366 g/mol. The summed E-state index contributed by atoms with van der Waals surface area (Å²) in [6.07, 6.45) is 2.48. The van der Waals surface area contributed by atoms with Gasteiger partial charge in [0.25, 0.3) is 0 Å². The molecule has 7 aliphatic rings. The first kappa shape index (κ1) is 15.3. The minimum absolute atomic E-state index is 0.0503. The Morgan fingerprint density at radius 3 is 2.55 bits per heavy atom. The summed E-state index contributed by atoms with van der Waals surface area (Å²) >= 11 is 0. The fourth-order valence-electron chi connectivity index (χ4n) is 9.04. The molecule has 0 spiro atoms. The molecule has 7 fully saturated rings. The number of aryl methyl sites for hydroxylation is 1. The van der Waals surface area contributed by atoms with Gasteiger partial charge in [0.2, 0.25) is 5.91 Å². The van der Waals surface area contributed by atoms with E-state index in [0.29, 0.717) is 48.0 Å². The summed E-state index contributed by atoms with van der Waals surface area (Å²) in [5, 5.41) is 18.3. The van der Waals surface area contributed by atoms with Crippen molar-refractivity contribution in [3.63, 3.8) is 0 Å². The predicted octanol–water partition coefficient (Wildman–Crippen LogP) is 0.809. The molecule has 148 valence electrons. The fraction of sp³-hybridized carbons (Fsp3) is 0.667. The van der Waals surface area contributed by atoms with E-state index in [2.05, 4.69) is 43.0 Å². The number of hydrogen-bond acceptors (Lipinski definition) is 6. The summed E-state index contributed by atoms with van der Waals surface area (Å²) < 4.78 is 0. The number of nitrogens with zero attached hydrogens (tertiary/aromatic N) is 5. The highest BCUT2D eigenvalue weighted by molar-refractivity contribution is 5.93. The van der Waals surface area contributed by atoms with E-state index in [0.717, 1.165) is 36.0 Å². The van der Waals surface area contributed by atoms with Gasteiger partial charge in [-0.15, -0.1) is 10.2 Å². The van der Waals surface area contributed by atoms with Crippen molar-refractivity contribution in [3.8, 4) is 0 Å². The van der Waals surface area contributed by atoms with Crippen LogP contribution in [0.15, 0.2) is 12.1 Å². The molecule has 1 amide bonds. The zero-order valence-corrected chi connectivity index (χ0v) is 16.3. The number of amides is 1. The third kappa shape index (κ3) is 1.29. The Bertz CT molecular complexity index is 1020. The molecule has 8 heteroatoms. The maximum Gasteiger partial charge on any atom is 0.227 e. The van der Waals surface area contributed by atoms with Crippen molar-refractivity contribution < 1.29 is 4.79 Å². The van der Waals surface area contributed by atoms with E-state index in [1.807, 2.05) is 6.92 Å². The SMILES string of the molecule is Cc1cc(CNC(=O)C23C4C5C2C2C3C4C52c2nn[nH]n2)cc(N2CCCC2)n1. The van der Waals surface area contributed by atoms with Crippen LogP contribution < -0.4 is 10.2 Å². The molecule has 3 heterocycles. The van der Waals surface area contributed by atoms with Gasteiger partial charge in [-0.05, 0) is 73.0 Å². The van der Waals surface area contributed by atoms with Crippen molar-refractivity contribution >= 4 is 11.7 Å². The molecule has 8 nitrogen and oxygen atoms in total. The standard InChI is InChI=1S/C21H23N7O/c1-9-6-10(7-11(23-9)28-4-2-3-5-28)8-22-19(29)21-15-12-16(21)14-17(21)13(15)20(12,14)18-24-26-27-25-18/h6-7,12-17H,2-5,8H2,1H3,(H,22,29)(H,24,25,26,27). The Labute approximate surface area is 167 Å². The maximum atomic E-state index is 13.2. The Morgan fingerprint density at radius 1 is 1.17 bits per heavy atom. The number of aromatic nitrogens is 5. The largest absolute Gasteiger partial charge is 0.357 e. The predicted molar refractivity (Wildman–Crippen MR) is 101 cm³/mol. The normalized spacial score (nSPS) is 46.0. The second-order valence-corrected chi connectivity index (χ2v) is 10.1. The molecule has 2 aromatic rings. The molecule has 6 saturated carbocycles. The molecule has 0 aromatic carbocycles. The smallest absolute Gasteiger partial charge is 0.227 e. The maximum absolute atomic E-state index is 13.2. The monoisotopic (exact) mass is 389 g/mol. The minimum Gasteiger partial charge on any atom is -0.357 e. The third-order valence-corrected chi connectivity index (χ3v) is 9.64. The Morgan fingerprint density at radius 2 is 1.90 bits per heavy atom. The van der Waals surface area contributed by atoms with Crippen LogP contribution in [0.1, 0.15) is 29.9 Å². The number of aromatic amines is 1. The number of carbonyl (C=O) groups excluding carboxylic acids is 1. The van der Waals surface area contributed by atoms with Crippen molar-refractivity contribution in [2.75, 3.05) is 18.0 Å². The van der Waals surface area contributed by atoms with Crippen LogP contribution in [0.25, 0.3) is 0 Å². The molecular formula is C21H23N7O. The topological polar surface area (TPSA) is 99.7 Å². The van der Waals surface area contributed by atoms with E-state index in [4.69, 9.17) is 4.98 Å². The zero-order chi connectivity index (χ0) is 19.1. The van der Waals surface area contributed by atoms with E-state index in [1.54, 1.807) is 0 Å². The lowest BCUT2D eigenvalue weighted by Crippen LogP contribution is -3.12. The van der Waals surface area contributed by atoms with Gasteiger partial charge in [-0.25, -0.2) is 4.98 Å². The van der Waals surface area contributed by atoms with Gasteiger partial charge in [-0.2, -0.15) is 5.21 Å². The number of tetrazole rings is 1. The summed E-state index contributed by atoms with van der Waals surface area (Å²) in [4.78, 5) is 20.3. The molecule has 1 aliphatic heterocycles. The first-order valence-electron chi connectivity index (χ1n) is 10.9. The van der Waals surface area contributed by atoms with Gasteiger partial charge in [-0.3, -0.25) is 4.79 Å². The Balaban J connectivity index is 0.995. The van der Waals surface area contributed by atoms with Crippen molar-refractivity contribution in [1.82, 2.24) is 30.9 Å². The number of H-pyrrole nitrogens is 1. The van der Waals surface area contributed by atoms with Gasteiger partial charge in [0.1, 0.15) is 5.82 Å². The first-order chi connectivity index (χ1) is 14.2. The van der Waals surface area contributed by atoms with E-state index in [9.17, 15) is 4.79 Å². The second kappa shape index (κ2) is 4.47. The van der Waals surface area contributed by atoms with Crippen LogP contribution in [0.4, 0.5) is 5.82 Å². The lowest BCUT2D eigenvalue weighted by atomic mass is 8.92. The van der Waals surface area contributed by atoms with Crippen molar-refractivity contribution in [1.29, 1.82) is 0 Å². The molecule has 0 radical (unpaired) electrons. The second-order valence-electron chi connectivity index (χ2n) is 10.1. The number of nitrogens with one attached hydrogen (secondary N) is 2. The molecule has 2 aromatic heterocycles. The fourth-order valence-corrected chi connectivity index (χ4v) is 9.04. The molecule has 1 saturated heterocycles. The minimum atomic E-state index is -0.0503. The van der Waals surface area contributed by atoms with Crippen LogP contribution in [-0.2, 0) is 16.8 Å². The van der Waals surface area contributed by atoms with Gasteiger partial charge in [-0.1, -0.05) is 5.21 Å². The van der Waals surface area contributed by atoms with Crippen molar-refractivity contribution in [2.24, 2.45) is 40.9 Å². The van der Waals surface area contributed by atoms with E-state index >= 15 is 0 Å². The molecule has 0 atom stereocenters. The van der Waals surface area contributed by atoms with Crippen LogP contribution >= 0.6 is 0 Å². The molecule has 29 heavy (non-hydrogen) atoms. The van der Waals surface area contributed by atoms with Crippen LogP contribution in [0.2, 0.25) is 0 Å². The van der Waals surface area contributed by atoms with Crippen LogP contribution in [0.3, 0.4) is 0 Å². The quantitative estimate of drug-likeness (QED) is 0.785. The van der Waals surface area contributed by atoms with Gasteiger partial charge >= 0.3 is 0 Å². The highest BCUT2D eigenvalue weighted by Crippen LogP contribution is 3.09. The number of pyridine rings is 1. The summed E-state index contributed by atoms with van der Waals surface area (Å²) in [5.41, 5.74) is 2.33. The lowest BCUT2D eigenvalue weighted by molar-refractivity contribution is -0.612. The summed E-state index contributed by atoms with van der Waals surface area (Å²) in [7, 11) is 0. The average Bonchev–Trinajstić information content (AvgIpc) is 3.45. The molecule has 6 aliphatic carbocycles. The Kier molecular flexibility index (Phi) is 2.36. The number of hydrogen-bond donors (Lipinski definition) is 2. The molecule has 2 N–H and O–H groups in total. The van der Waals surface area contributed by atoms with Crippen LogP contribution in [0.5, 0.6) is 0 Å². The van der Waals surface area contributed by atoms with Crippen molar-refractivity contribution in [2.45, 2.75) is 31.7 Å². The van der Waals surface area contributed by atoms with Gasteiger partial charge in [0.05, 0.1) is 5.41 Å². The van der Waals surface area contributed by atoms with E-state index < -0.39 is 0 Å². The third-order valence-electron chi connectivity index (χ3n) is 9.64. The number of carbonyl (C=O) groups is 1. The van der Waals surface area contributed by atoms with Crippen LogP contribution in [-0.4, -0.2) is 44.6 Å². The molecule has 0 bridgehead atoms. The summed E-state index contributed by atoms with van der Waals surface area (Å²) in [5.74, 6) is 5.88. The summed E-state index contributed by atoms with van der Waals surface area (Å²) in [6.45, 7) is 4.82. The van der Waals surface area contributed by atoms with Crippen LogP contribution in [0, 0.1) is 47.8 Å².